The van der Waals surface area contributed by atoms with Crippen LogP contribution in [0.25, 0.3) is 0 Å². The van der Waals surface area contributed by atoms with Crippen molar-refractivity contribution < 1.29 is 27.6 Å². The fraction of sp³-hybridized carbons (Fsp3) is 0.786. The van der Waals surface area contributed by atoms with E-state index in [2.05, 4.69) is 5.32 Å². The molecule has 2 aliphatic heterocycles. The molecule has 1 unspecified atom stereocenters. The lowest BCUT2D eigenvalue weighted by molar-refractivity contribution is -0.186. The van der Waals surface area contributed by atoms with Crippen LogP contribution in [0.4, 0.5) is 13.2 Å². The largest absolute Gasteiger partial charge is 0.471 e. The molecule has 0 spiro atoms. The van der Waals surface area contributed by atoms with Crippen LogP contribution < -0.4 is 5.32 Å². The maximum absolute atomic E-state index is 12.5. The number of likely N-dealkylation sites (tertiary alicyclic amines) is 2. The molecule has 2 rings (SSSR count). The Morgan fingerprint density at radius 2 is 1.70 bits per heavy atom. The first-order chi connectivity index (χ1) is 10.7. The predicted octanol–water partition coefficient (Wildman–Crippen LogP) is 0.667. The fourth-order valence-corrected chi connectivity index (χ4v) is 3.03. The van der Waals surface area contributed by atoms with E-state index in [1.54, 1.807) is 4.90 Å². The van der Waals surface area contributed by atoms with E-state index in [-0.39, 0.29) is 18.9 Å². The minimum absolute atomic E-state index is 0.106. The zero-order chi connectivity index (χ0) is 17.2. The summed E-state index contributed by atoms with van der Waals surface area (Å²) in [7, 11) is 0. The molecule has 0 aromatic rings. The first kappa shape index (κ1) is 17.6. The summed E-state index contributed by atoms with van der Waals surface area (Å²) in [6.07, 6.45) is -2.70. The summed E-state index contributed by atoms with van der Waals surface area (Å²) >= 11 is 0. The number of hydrogen-bond donors (Lipinski definition) is 1. The first-order valence-corrected chi connectivity index (χ1v) is 7.69. The quantitative estimate of drug-likeness (QED) is 0.824. The Balaban J connectivity index is 1.96. The van der Waals surface area contributed by atoms with E-state index in [0.717, 1.165) is 12.8 Å². The van der Waals surface area contributed by atoms with Gasteiger partial charge in [0, 0.05) is 19.6 Å². The molecule has 1 N–H and O–H groups in total. The normalized spacial score (nSPS) is 23.0. The number of rotatable bonds is 3. The molecule has 0 bridgehead atoms. The molecule has 2 heterocycles. The van der Waals surface area contributed by atoms with Crippen LogP contribution in [-0.2, 0) is 14.4 Å². The monoisotopic (exact) mass is 335 g/mol. The van der Waals surface area contributed by atoms with Crippen molar-refractivity contribution in [1.29, 1.82) is 0 Å². The standard InChI is InChI=1S/C14H20F3N3O3/c1-9(12(22)19-6-2-3-7-19)18-11(21)10-5-4-8-20(10)13(23)14(15,16)17/h9-10H,2-8H2,1H3,(H,18,21)/t9-,10?/m1/s1. The molecule has 3 amide bonds. The second-order valence-electron chi connectivity index (χ2n) is 5.92. The second-order valence-corrected chi connectivity index (χ2v) is 5.92. The lowest BCUT2D eigenvalue weighted by atomic mass is 10.2. The molecule has 2 saturated heterocycles. The van der Waals surface area contributed by atoms with Crippen LogP contribution in [0, 0.1) is 0 Å². The van der Waals surface area contributed by atoms with Gasteiger partial charge in [-0.05, 0) is 32.6 Å². The summed E-state index contributed by atoms with van der Waals surface area (Å²) in [5, 5.41) is 2.44. The predicted molar refractivity (Wildman–Crippen MR) is 74.2 cm³/mol. The molecule has 0 saturated carbocycles. The van der Waals surface area contributed by atoms with Gasteiger partial charge in [0.2, 0.25) is 11.8 Å². The van der Waals surface area contributed by atoms with E-state index in [1.807, 2.05) is 0 Å². The Bertz CT molecular complexity index is 489. The minimum Gasteiger partial charge on any atom is -0.343 e. The summed E-state index contributed by atoms with van der Waals surface area (Å²) in [6.45, 7) is 2.65. The van der Waals surface area contributed by atoms with Crippen molar-refractivity contribution in [3.63, 3.8) is 0 Å². The molecule has 0 aliphatic carbocycles. The van der Waals surface area contributed by atoms with Crippen LogP contribution in [0.2, 0.25) is 0 Å². The van der Waals surface area contributed by atoms with Gasteiger partial charge in [0.05, 0.1) is 0 Å². The van der Waals surface area contributed by atoms with E-state index in [4.69, 9.17) is 0 Å². The molecular weight excluding hydrogens is 315 g/mol. The summed E-state index contributed by atoms with van der Waals surface area (Å²) in [5.41, 5.74) is 0. The van der Waals surface area contributed by atoms with Crippen molar-refractivity contribution in [2.75, 3.05) is 19.6 Å². The van der Waals surface area contributed by atoms with E-state index in [0.29, 0.717) is 24.4 Å². The van der Waals surface area contributed by atoms with E-state index < -0.39 is 30.1 Å². The van der Waals surface area contributed by atoms with Crippen LogP contribution in [0.3, 0.4) is 0 Å². The number of nitrogens with one attached hydrogen (secondary N) is 1. The van der Waals surface area contributed by atoms with E-state index in [1.165, 1.54) is 6.92 Å². The number of amides is 3. The maximum Gasteiger partial charge on any atom is 0.471 e. The lowest BCUT2D eigenvalue weighted by Crippen LogP contribution is -2.54. The number of carbonyl (C=O) groups is 3. The van der Waals surface area contributed by atoms with Crippen LogP contribution in [0.15, 0.2) is 0 Å². The zero-order valence-corrected chi connectivity index (χ0v) is 12.9. The Labute approximate surface area is 132 Å². The first-order valence-electron chi connectivity index (χ1n) is 7.69. The Morgan fingerprint density at radius 3 is 2.26 bits per heavy atom. The highest BCUT2D eigenvalue weighted by molar-refractivity contribution is 5.93. The van der Waals surface area contributed by atoms with Crippen molar-refractivity contribution in [3.8, 4) is 0 Å². The van der Waals surface area contributed by atoms with Crippen LogP contribution in [0.5, 0.6) is 0 Å². The van der Waals surface area contributed by atoms with Crippen LogP contribution in [-0.4, -0.2) is 65.4 Å². The Hall–Kier alpha value is -1.80. The molecule has 0 radical (unpaired) electrons. The summed E-state index contributed by atoms with van der Waals surface area (Å²) in [5.74, 6) is -2.96. The number of alkyl halides is 3. The SMILES string of the molecule is C[C@@H](NC(=O)C1CCCN1C(=O)C(F)(F)F)C(=O)N1CCCC1. The van der Waals surface area contributed by atoms with E-state index >= 15 is 0 Å². The van der Waals surface area contributed by atoms with Crippen LogP contribution in [0.1, 0.15) is 32.6 Å². The van der Waals surface area contributed by atoms with Gasteiger partial charge in [0.1, 0.15) is 12.1 Å². The molecule has 0 aromatic carbocycles. The number of carbonyl (C=O) groups excluding carboxylic acids is 3. The molecule has 9 heteroatoms. The zero-order valence-electron chi connectivity index (χ0n) is 12.9. The minimum atomic E-state index is -5.00. The third-order valence-electron chi connectivity index (χ3n) is 4.21. The maximum atomic E-state index is 12.5. The van der Waals surface area contributed by atoms with Crippen molar-refractivity contribution in [1.82, 2.24) is 15.1 Å². The Morgan fingerprint density at radius 1 is 1.09 bits per heavy atom. The van der Waals surface area contributed by atoms with Gasteiger partial charge in [-0.15, -0.1) is 0 Å². The molecule has 23 heavy (non-hydrogen) atoms. The van der Waals surface area contributed by atoms with Gasteiger partial charge in [-0.3, -0.25) is 14.4 Å². The third kappa shape index (κ3) is 3.94. The highest BCUT2D eigenvalue weighted by Crippen LogP contribution is 2.25. The van der Waals surface area contributed by atoms with Gasteiger partial charge in [-0.1, -0.05) is 0 Å². The van der Waals surface area contributed by atoms with Crippen molar-refractivity contribution in [3.05, 3.63) is 0 Å². The number of nitrogens with zero attached hydrogens (tertiary/aromatic N) is 2. The van der Waals surface area contributed by atoms with E-state index in [9.17, 15) is 27.6 Å². The Kier molecular flexibility index (Phi) is 5.16. The average Bonchev–Trinajstić information content (AvgIpc) is 3.15. The van der Waals surface area contributed by atoms with Gasteiger partial charge >= 0.3 is 12.1 Å². The molecule has 130 valence electrons. The van der Waals surface area contributed by atoms with Gasteiger partial charge in [-0.2, -0.15) is 13.2 Å². The number of halogens is 3. The summed E-state index contributed by atoms with van der Waals surface area (Å²) in [6, 6.07) is -1.98. The van der Waals surface area contributed by atoms with Crippen molar-refractivity contribution >= 4 is 17.7 Å². The highest BCUT2D eigenvalue weighted by atomic mass is 19.4. The van der Waals surface area contributed by atoms with Gasteiger partial charge in [0.25, 0.3) is 0 Å². The molecular formula is C14H20F3N3O3. The van der Waals surface area contributed by atoms with Gasteiger partial charge in [0.15, 0.2) is 0 Å². The third-order valence-corrected chi connectivity index (χ3v) is 4.21. The molecule has 2 aliphatic rings. The van der Waals surface area contributed by atoms with Crippen LogP contribution >= 0.6 is 0 Å². The summed E-state index contributed by atoms with van der Waals surface area (Å²) in [4.78, 5) is 37.8. The van der Waals surface area contributed by atoms with Gasteiger partial charge in [-0.25, -0.2) is 0 Å². The van der Waals surface area contributed by atoms with Crippen molar-refractivity contribution in [2.24, 2.45) is 0 Å². The average molecular weight is 335 g/mol. The molecule has 2 atom stereocenters. The lowest BCUT2D eigenvalue weighted by Gasteiger charge is -2.27. The summed E-state index contributed by atoms with van der Waals surface area (Å²) < 4.78 is 37.6. The molecule has 6 nitrogen and oxygen atoms in total. The highest BCUT2D eigenvalue weighted by Gasteiger charge is 2.47. The topological polar surface area (TPSA) is 69.7 Å². The molecule has 0 aromatic heterocycles. The van der Waals surface area contributed by atoms with Gasteiger partial charge < -0.3 is 15.1 Å². The number of hydrogen-bond acceptors (Lipinski definition) is 3. The second kappa shape index (κ2) is 6.76. The molecule has 2 fully saturated rings. The fourth-order valence-electron chi connectivity index (χ4n) is 3.03. The smallest absolute Gasteiger partial charge is 0.343 e. The van der Waals surface area contributed by atoms with Crippen molar-refractivity contribution in [2.45, 2.75) is 50.9 Å².